The summed E-state index contributed by atoms with van der Waals surface area (Å²) in [5.74, 6) is 2.19. The molecule has 0 aliphatic rings. The molecule has 2 N–H and O–H groups in total. The lowest BCUT2D eigenvalue weighted by molar-refractivity contribution is 0.0955. The summed E-state index contributed by atoms with van der Waals surface area (Å²) >= 11 is 0. The van der Waals surface area contributed by atoms with E-state index in [0.717, 1.165) is 5.69 Å². The molecule has 1 heterocycles. The van der Waals surface area contributed by atoms with Gasteiger partial charge < -0.3 is 5.73 Å². The average Bonchev–Trinajstić information content (AvgIpc) is 2.88. The number of ketones is 1. The fraction of sp³-hybridized carbons (Fsp3) is 0.143. The topological polar surface area (TPSA) is 60.9 Å². The van der Waals surface area contributed by atoms with Crippen molar-refractivity contribution in [3.63, 3.8) is 0 Å². The first-order valence-corrected chi connectivity index (χ1v) is 5.56. The van der Waals surface area contributed by atoms with Crippen molar-refractivity contribution in [2.24, 2.45) is 5.73 Å². The highest BCUT2D eigenvalue weighted by Crippen LogP contribution is 2.12. The van der Waals surface area contributed by atoms with E-state index < -0.39 is 6.04 Å². The zero-order chi connectivity index (χ0) is 13.0. The van der Waals surface area contributed by atoms with Gasteiger partial charge in [0, 0.05) is 6.42 Å². The summed E-state index contributed by atoms with van der Waals surface area (Å²) in [5, 5.41) is 4.14. The van der Waals surface area contributed by atoms with Crippen molar-refractivity contribution < 1.29 is 4.79 Å². The van der Waals surface area contributed by atoms with Crippen molar-refractivity contribution >= 4 is 5.78 Å². The van der Waals surface area contributed by atoms with Crippen LogP contribution >= 0.6 is 0 Å². The number of carbonyl (C=O) groups is 1. The third-order valence-electron chi connectivity index (χ3n) is 2.57. The summed E-state index contributed by atoms with van der Waals surface area (Å²) in [4.78, 5) is 12.1. The van der Waals surface area contributed by atoms with E-state index in [-0.39, 0.29) is 12.2 Å². The fourth-order valence-electron chi connectivity index (χ4n) is 1.67. The number of terminal acetylenes is 1. The van der Waals surface area contributed by atoms with Crippen LogP contribution < -0.4 is 5.73 Å². The maximum atomic E-state index is 12.1. The lowest BCUT2D eigenvalue weighted by Gasteiger charge is -2.09. The van der Waals surface area contributed by atoms with Gasteiger partial charge >= 0.3 is 0 Å². The molecule has 4 heteroatoms. The van der Waals surface area contributed by atoms with Crippen LogP contribution in [0.3, 0.4) is 0 Å². The number of benzene rings is 1. The van der Waals surface area contributed by atoms with Crippen LogP contribution in [0, 0.1) is 12.3 Å². The quantitative estimate of drug-likeness (QED) is 0.648. The third kappa shape index (κ3) is 2.31. The molecular formula is C14H13N3O. The van der Waals surface area contributed by atoms with Gasteiger partial charge in [-0.05, 0) is 18.2 Å². The summed E-state index contributed by atoms with van der Waals surface area (Å²) in [7, 11) is 0. The molecule has 0 fully saturated rings. The van der Waals surface area contributed by atoms with Gasteiger partial charge in [-0.25, -0.2) is 4.68 Å². The molecule has 0 saturated carbocycles. The minimum Gasteiger partial charge on any atom is -0.320 e. The lowest BCUT2D eigenvalue weighted by Crippen LogP contribution is -2.31. The number of carbonyl (C=O) groups excluding carboxylic acids is 1. The molecule has 0 bridgehead atoms. The predicted molar refractivity (Wildman–Crippen MR) is 69.3 cm³/mol. The first-order valence-electron chi connectivity index (χ1n) is 5.56. The summed E-state index contributed by atoms with van der Waals surface area (Å²) in [5.41, 5.74) is 7.00. The van der Waals surface area contributed by atoms with Crippen LogP contribution in [0.4, 0.5) is 0 Å². The number of para-hydroxylation sites is 1. The van der Waals surface area contributed by atoms with Crippen LogP contribution in [-0.2, 0) is 0 Å². The molecule has 2 rings (SSSR count). The van der Waals surface area contributed by atoms with Crippen molar-refractivity contribution in [3.05, 3.63) is 48.3 Å². The molecule has 18 heavy (non-hydrogen) atoms. The molecule has 0 aliphatic heterocycles. The summed E-state index contributed by atoms with van der Waals surface area (Å²) < 4.78 is 1.57. The molecule has 1 aromatic carbocycles. The Morgan fingerprint density at radius 3 is 2.78 bits per heavy atom. The van der Waals surface area contributed by atoms with E-state index in [1.165, 1.54) is 0 Å². The summed E-state index contributed by atoms with van der Waals surface area (Å²) in [6.07, 6.45) is 6.96. The number of rotatable bonds is 4. The van der Waals surface area contributed by atoms with E-state index in [9.17, 15) is 4.79 Å². The molecule has 0 spiro atoms. The summed E-state index contributed by atoms with van der Waals surface area (Å²) in [6, 6.07) is 10.4. The Labute approximate surface area is 105 Å². The summed E-state index contributed by atoms with van der Waals surface area (Å²) in [6.45, 7) is 0. The van der Waals surface area contributed by atoms with E-state index in [1.807, 2.05) is 30.3 Å². The second-order valence-corrected chi connectivity index (χ2v) is 3.84. The standard InChI is InChI=1S/C14H13N3O/c1-2-6-12(15)14(18)13-9-10-16-17(13)11-7-4-3-5-8-11/h1,3-5,7-10,12H,6,15H2. The van der Waals surface area contributed by atoms with Gasteiger partial charge in [-0.2, -0.15) is 5.10 Å². The van der Waals surface area contributed by atoms with Gasteiger partial charge in [-0.1, -0.05) is 18.2 Å². The maximum Gasteiger partial charge on any atom is 0.198 e. The minimum atomic E-state index is -0.686. The minimum absolute atomic E-state index is 0.200. The van der Waals surface area contributed by atoms with Crippen LogP contribution in [0.2, 0.25) is 0 Å². The zero-order valence-corrected chi connectivity index (χ0v) is 9.78. The first kappa shape index (κ1) is 12.1. The zero-order valence-electron chi connectivity index (χ0n) is 9.78. The Bertz CT molecular complexity index is 581. The second-order valence-electron chi connectivity index (χ2n) is 3.84. The smallest absolute Gasteiger partial charge is 0.198 e. The fourth-order valence-corrected chi connectivity index (χ4v) is 1.67. The Hall–Kier alpha value is -2.38. The molecule has 2 aromatic rings. The number of nitrogens with zero attached hydrogens (tertiary/aromatic N) is 2. The van der Waals surface area contributed by atoms with Gasteiger partial charge in [0.15, 0.2) is 5.78 Å². The van der Waals surface area contributed by atoms with Crippen molar-refractivity contribution in [3.8, 4) is 18.0 Å². The van der Waals surface area contributed by atoms with E-state index in [1.54, 1.807) is 16.9 Å². The highest BCUT2D eigenvalue weighted by Gasteiger charge is 2.19. The van der Waals surface area contributed by atoms with Crippen LogP contribution in [-0.4, -0.2) is 21.6 Å². The molecule has 0 amide bonds. The normalized spacial score (nSPS) is 11.8. The van der Waals surface area contributed by atoms with Crippen molar-refractivity contribution in [1.82, 2.24) is 9.78 Å². The average molecular weight is 239 g/mol. The number of hydrogen-bond donors (Lipinski definition) is 1. The Morgan fingerprint density at radius 2 is 2.11 bits per heavy atom. The molecule has 0 aliphatic carbocycles. The first-order chi connectivity index (χ1) is 8.74. The van der Waals surface area contributed by atoms with Crippen molar-refractivity contribution in [1.29, 1.82) is 0 Å². The van der Waals surface area contributed by atoms with Crippen molar-refractivity contribution in [2.45, 2.75) is 12.5 Å². The molecule has 1 atom stereocenters. The van der Waals surface area contributed by atoms with Gasteiger partial charge in [-0.15, -0.1) is 12.3 Å². The van der Waals surface area contributed by atoms with E-state index in [0.29, 0.717) is 5.69 Å². The van der Waals surface area contributed by atoms with Crippen LogP contribution in [0.1, 0.15) is 16.9 Å². The number of nitrogens with two attached hydrogens (primary N) is 1. The van der Waals surface area contributed by atoms with E-state index >= 15 is 0 Å². The van der Waals surface area contributed by atoms with E-state index in [4.69, 9.17) is 12.2 Å². The highest BCUT2D eigenvalue weighted by atomic mass is 16.1. The van der Waals surface area contributed by atoms with Gasteiger partial charge in [0.1, 0.15) is 5.69 Å². The maximum absolute atomic E-state index is 12.1. The van der Waals surface area contributed by atoms with Gasteiger partial charge in [-0.3, -0.25) is 4.79 Å². The monoisotopic (exact) mass is 239 g/mol. The third-order valence-corrected chi connectivity index (χ3v) is 2.57. The van der Waals surface area contributed by atoms with Crippen LogP contribution in [0.15, 0.2) is 42.6 Å². The highest BCUT2D eigenvalue weighted by molar-refractivity contribution is 5.99. The number of hydrogen-bond acceptors (Lipinski definition) is 3. The van der Waals surface area contributed by atoms with Crippen LogP contribution in [0.25, 0.3) is 5.69 Å². The Balaban J connectivity index is 2.35. The van der Waals surface area contributed by atoms with Crippen LogP contribution in [0.5, 0.6) is 0 Å². The molecule has 0 radical (unpaired) electrons. The SMILES string of the molecule is C#CCC(N)C(=O)c1ccnn1-c1ccccc1. The Kier molecular flexibility index (Phi) is 3.56. The van der Waals surface area contributed by atoms with Gasteiger partial charge in [0.2, 0.25) is 0 Å². The predicted octanol–water partition coefficient (Wildman–Crippen LogP) is 1.41. The van der Waals surface area contributed by atoms with Crippen molar-refractivity contribution in [2.75, 3.05) is 0 Å². The molecule has 4 nitrogen and oxygen atoms in total. The molecular weight excluding hydrogens is 226 g/mol. The van der Waals surface area contributed by atoms with E-state index in [2.05, 4.69) is 11.0 Å². The molecule has 1 unspecified atom stereocenters. The number of aromatic nitrogens is 2. The Morgan fingerprint density at radius 1 is 1.39 bits per heavy atom. The largest absolute Gasteiger partial charge is 0.320 e. The molecule has 90 valence electrons. The molecule has 1 aromatic heterocycles. The molecule has 0 saturated heterocycles. The number of Topliss-reactive ketones (excluding diaryl/α,β-unsaturated/α-hetero) is 1. The second kappa shape index (κ2) is 5.30. The van der Waals surface area contributed by atoms with Gasteiger partial charge in [0.05, 0.1) is 17.9 Å². The van der Waals surface area contributed by atoms with Gasteiger partial charge in [0.25, 0.3) is 0 Å². The lowest BCUT2D eigenvalue weighted by atomic mass is 10.1.